The van der Waals surface area contributed by atoms with Crippen LogP contribution in [0.2, 0.25) is 0 Å². The Bertz CT molecular complexity index is 500. The zero-order valence-electron chi connectivity index (χ0n) is 8.99. The van der Waals surface area contributed by atoms with Crippen LogP contribution in [-0.2, 0) is 0 Å². The molecule has 0 bridgehead atoms. The van der Waals surface area contributed by atoms with Crippen LogP contribution in [0, 0.1) is 5.82 Å². The Hall–Kier alpha value is -1.42. The lowest BCUT2D eigenvalue weighted by atomic mass is 9.97. The van der Waals surface area contributed by atoms with Gasteiger partial charge in [-0.15, -0.1) is 0 Å². The molecule has 2 aromatic heterocycles. The molecule has 4 heteroatoms. The Morgan fingerprint density at radius 2 is 2.44 bits per heavy atom. The van der Waals surface area contributed by atoms with Gasteiger partial charge >= 0.3 is 0 Å². The van der Waals surface area contributed by atoms with Crippen molar-refractivity contribution >= 4 is 5.65 Å². The highest BCUT2D eigenvalue weighted by Crippen LogP contribution is 2.22. The fraction of sp³-hybridized carbons (Fsp3) is 0.417. The lowest BCUT2D eigenvalue weighted by molar-refractivity contribution is 0.456. The third kappa shape index (κ3) is 1.69. The predicted octanol–water partition coefficient (Wildman–Crippen LogP) is 1.94. The van der Waals surface area contributed by atoms with Crippen molar-refractivity contribution in [1.29, 1.82) is 0 Å². The molecule has 3 rings (SSSR count). The quantitative estimate of drug-likeness (QED) is 0.794. The number of hydrogen-bond acceptors (Lipinski definition) is 2. The number of nitrogens with one attached hydrogen (secondary N) is 1. The van der Waals surface area contributed by atoms with E-state index in [1.807, 2.05) is 10.6 Å². The maximum absolute atomic E-state index is 13.0. The summed E-state index contributed by atoms with van der Waals surface area (Å²) in [5.41, 5.74) is 1.76. The molecular weight excluding hydrogens is 205 g/mol. The fourth-order valence-corrected chi connectivity index (χ4v) is 2.28. The highest BCUT2D eigenvalue weighted by Gasteiger charge is 2.17. The highest BCUT2D eigenvalue weighted by molar-refractivity contribution is 5.40. The smallest absolute Gasteiger partial charge is 0.139 e. The lowest BCUT2D eigenvalue weighted by Crippen LogP contribution is -2.28. The Balaban J connectivity index is 1.97. The van der Waals surface area contributed by atoms with Crippen molar-refractivity contribution in [1.82, 2.24) is 14.7 Å². The van der Waals surface area contributed by atoms with Crippen LogP contribution in [0.25, 0.3) is 5.65 Å². The van der Waals surface area contributed by atoms with Crippen molar-refractivity contribution in [3.8, 4) is 0 Å². The van der Waals surface area contributed by atoms with E-state index < -0.39 is 0 Å². The molecule has 0 radical (unpaired) electrons. The molecule has 16 heavy (non-hydrogen) atoms. The summed E-state index contributed by atoms with van der Waals surface area (Å²) in [5.74, 6) is 0.239. The van der Waals surface area contributed by atoms with Gasteiger partial charge in [-0.2, -0.15) is 0 Å². The predicted molar refractivity (Wildman–Crippen MR) is 60.0 cm³/mol. The van der Waals surface area contributed by atoms with Crippen LogP contribution in [0.15, 0.2) is 24.5 Å². The largest absolute Gasteiger partial charge is 0.316 e. The standard InChI is InChI=1S/C12H14FN3/c13-10-3-5-16-8-11(15-12(16)6-10)9-2-1-4-14-7-9/h3,5-6,8-9,14H,1-2,4,7H2. The number of piperidine rings is 1. The molecule has 1 aliphatic heterocycles. The van der Waals surface area contributed by atoms with Gasteiger partial charge < -0.3 is 9.72 Å². The van der Waals surface area contributed by atoms with Crippen LogP contribution < -0.4 is 5.32 Å². The summed E-state index contributed by atoms with van der Waals surface area (Å²) < 4.78 is 14.9. The zero-order chi connectivity index (χ0) is 11.0. The molecule has 0 aliphatic carbocycles. The summed E-state index contributed by atoms with van der Waals surface area (Å²) >= 11 is 0. The molecule has 0 spiro atoms. The maximum Gasteiger partial charge on any atom is 0.139 e. The first-order chi connectivity index (χ1) is 7.83. The van der Waals surface area contributed by atoms with Gasteiger partial charge in [-0.25, -0.2) is 9.37 Å². The molecule has 84 valence electrons. The number of halogens is 1. The molecule has 1 atom stereocenters. The van der Waals surface area contributed by atoms with Crippen molar-refractivity contribution < 1.29 is 4.39 Å². The number of aromatic nitrogens is 2. The Morgan fingerprint density at radius 1 is 1.50 bits per heavy atom. The number of hydrogen-bond donors (Lipinski definition) is 1. The van der Waals surface area contributed by atoms with Crippen molar-refractivity contribution in [2.24, 2.45) is 0 Å². The van der Waals surface area contributed by atoms with Crippen LogP contribution in [0.4, 0.5) is 4.39 Å². The minimum Gasteiger partial charge on any atom is -0.316 e. The number of fused-ring (bicyclic) bond motifs is 1. The topological polar surface area (TPSA) is 29.3 Å². The number of pyridine rings is 1. The van der Waals surface area contributed by atoms with Gasteiger partial charge in [-0.3, -0.25) is 0 Å². The van der Waals surface area contributed by atoms with Crippen LogP contribution in [0.1, 0.15) is 24.5 Å². The monoisotopic (exact) mass is 219 g/mol. The van der Waals surface area contributed by atoms with Crippen molar-refractivity contribution in [3.05, 3.63) is 36.0 Å². The Labute approximate surface area is 93.3 Å². The first-order valence-corrected chi connectivity index (χ1v) is 5.68. The first-order valence-electron chi connectivity index (χ1n) is 5.68. The average molecular weight is 219 g/mol. The van der Waals surface area contributed by atoms with Crippen molar-refractivity contribution in [2.75, 3.05) is 13.1 Å². The van der Waals surface area contributed by atoms with E-state index in [2.05, 4.69) is 10.3 Å². The molecule has 1 fully saturated rings. The normalized spacial score (nSPS) is 21.4. The van der Waals surface area contributed by atoms with E-state index in [4.69, 9.17) is 0 Å². The van der Waals surface area contributed by atoms with Gasteiger partial charge in [0.15, 0.2) is 0 Å². The van der Waals surface area contributed by atoms with E-state index in [1.165, 1.54) is 25.0 Å². The molecule has 3 nitrogen and oxygen atoms in total. The zero-order valence-corrected chi connectivity index (χ0v) is 8.99. The van der Waals surface area contributed by atoms with E-state index >= 15 is 0 Å². The SMILES string of the molecule is Fc1ccn2cc(C3CCCNC3)nc2c1. The molecule has 0 amide bonds. The second-order valence-corrected chi connectivity index (χ2v) is 4.32. The number of nitrogens with zero attached hydrogens (tertiary/aromatic N) is 2. The fourth-order valence-electron chi connectivity index (χ4n) is 2.28. The minimum atomic E-state index is -0.230. The van der Waals surface area contributed by atoms with Crippen LogP contribution >= 0.6 is 0 Å². The molecular formula is C12H14FN3. The van der Waals surface area contributed by atoms with E-state index in [1.54, 1.807) is 6.20 Å². The summed E-state index contributed by atoms with van der Waals surface area (Å²) in [6.45, 7) is 2.07. The second kappa shape index (κ2) is 3.87. The first kappa shape index (κ1) is 9.78. The molecule has 1 saturated heterocycles. The third-order valence-electron chi connectivity index (χ3n) is 3.16. The van der Waals surface area contributed by atoms with Gasteiger partial charge in [-0.05, 0) is 25.5 Å². The molecule has 0 saturated carbocycles. The van der Waals surface area contributed by atoms with Gasteiger partial charge in [0.2, 0.25) is 0 Å². The van der Waals surface area contributed by atoms with Crippen molar-refractivity contribution in [2.45, 2.75) is 18.8 Å². The maximum atomic E-state index is 13.0. The van der Waals surface area contributed by atoms with E-state index in [0.29, 0.717) is 11.6 Å². The van der Waals surface area contributed by atoms with E-state index in [9.17, 15) is 4.39 Å². The van der Waals surface area contributed by atoms with Gasteiger partial charge in [0.25, 0.3) is 0 Å². The molecule has 0 aromatic carbocycles. The van der Waals surface area contributed by atoms with Gasteiger partial charge in [0.1, 0.15) is 11.5 Å². The summed E-state index contributed by atoms with van der Waals surface area (Å²) in [5, 5.41) is 3.37. The molecule has 1 N–H and O–H groups in total. The van der Waals surface area contributed by atoms with E-state index in [-0.39, 0.29) is 5.82 Å². The summed E-state index contributed by atoms with van der Waals surface area (Å²) in [4.78, 5) is 4.48. The Morgan fingerprint density at radius 3 is 3.25 bits per heavy atom. The minimum absolute atomic E-state index is 0.230. The van der Waals surface area contributed by atoms with E-state index in [0.717, 1.165) is 18.8 Å². The van der Waals surface area contributed by atoms with Gasteiger partial charge in [-0.1, -0.05) is 0 Å². The van der Waals surface area contributed by atoms with Crippen molar-refractivity contribution in [3.63, 3.8) is 0 Å². The summed E-state index contributed by atoms with van der Waals surface area (Å²) in [6, 6.07) is 2.93. The van der Waals surface area contributed by atoms with Gasteiger partial charge in [0.05, 0.1) is 5.69 Å². The van der Waals surface area contributed by atoms with Gasteiger partial charge in [0, 0.05) is 30.9 Å². The number of rotatable bonds is 1. The summed E-state index contributed by atoms with van der Waals surface area (Å²) in [6.07, 6.45) is 6.08. The van der Waals surface area contributed by atoms with Crippen LogP contribution in [0.3, 0.4) is 0 Å². The van der Waals surface area contributed by atoms with Crippen LogP contribution in [0.5, 0.6) is 0 Å². The molecule has 1 aliphatic rings. The van der Waals surface area contributed by atoms with Crippen LogP contribution in [-0.4, -0.2) is 22.5 Å². The Kier molecular flexibility index (Phi) is 2.36. The molecule has 2 aromatic rings. The second-order valence-electron chi connectivity index (χ2n) is 4.32. The average Bonchev–Trinajstić information content (AvgIpc) is 2.73. The molecule has 1 unspecified atom stereocenters. The third-order valence-corrected chi connectivity index (χ3v) is 3.16. The highest BCUT2D eigenvalue weighted by atomic mass is 19.1. The number of imidazole rings is 1. The summed E-state index contributed by atoms with van der Waals surface area (Å²) in [7, 11) is 0. The molecule has 3 heterocycles. The lowest BCUT2D eigenvalue weighted by Gasteiger charge is -2.20.